The normalized spacial score (nSPS) is 19.4. The van der Waals surface area contributed by atoms with Gasteiger partial charge in [-0.15, -0.1) is 12.4 Å². The molecule has 1 amide bonds. The Morgan fingerprint density at radius 3 is 2.84 bits per heavy atom. The maximum absolute atomic E-state index is 12.9. The van der Waals surface area contributed by atoms with E-state index in [-0.39, 0.29) is 36.3 Å². The van der Waals surface area contributed by atoms with Crippen LogP contribution >= 0.6 is 12.4 Å². The molecule has 0 saturated carbocycles. The monoisotopic (exact) mass is 368 g/mol. The molecule has 1 aliphatic rings. The molecule has 0 bridgehead atoms. The molecule has 1 aromatic heterocycles. The van der Waals surface area contributed by atoms with E-state index in [1.54, 1.807) is 23.9 Å². The number of benzene rings is 1. The molecule has 2 heterocycles. The van der Waals surface area contributed by atoms with Gasteiger partial charge in [0.05, 0.1) is 23.5 Å². The lowest BCUT2D eigenvalue weighted by atomic mass is 10.2. The van der Waals surface area contributed by atoms with Crippen molar-refractivity contribution in [3.05, 3.63) is 48.0 Å². The van der Waals surface area contributed by atoms with Crippen LogP contribution in [0.3, 0.4) is 0 Å². The molecule has 1 aromatic carbocycles. The van der Waals surface area contributed by atoms with E-state index in [0.29, 0.717) is 25.9 Å². The quantitative estimate of drug-likeness (QED) is 0.810. The van der Waals surface area contributed by atoms with Gasteiger partial charge in [-0.25, -0.2) is 9.07 Å². The smallest absolute Gasteiger partial charge is 0.237 e. The Bertz CT molecular complexity index is 692. The number of halogens is 2. The second-order valence-electron chi connectivity index (χ2n) is 5.82. The standard InChI is InChI=1S/C17H21FN4O2.ClH/c1-24-15-10-16(20-11-15)17(23)19-8-6-13-7-9-22(21-13)14-4-2-12(18)3-5-14;/h2-5,7,9,15-16,20H,6,8,10-11H2,1H3,(H,19,23);1H/t15-,16+;/m0./s1. The number of amides is 1. The summed E-state index contributed by atoms with van der Waals surface area (Å²) in [6, 6.07) is 7.85. The number of carbonyl (C=O) groups is 1. The first-order valence-electron chi connectivity index (χ1n) is 8.00. The number of hydrogen-bond acceptors (Lipinski definition) is 4. The number of methoxy groups -OCH3 is 1. The Morgan fingerprint density at radius 1 is 1.40 bits per heavy atom. The predicted molar refractivity (Wildman–Crippen MR) is 94.7 cm³/mol. The molecule has 8 heteroatoms. The highest BCUT2D eigenvalue weighted by Crippen LogP contribution is 2.10. The maximum atomic E-state index is 12.9. The molecule has 25 heavy (non-hydrogen) atoms. The van der Waals surface area contributed by atoms with Gasteiger partial charge >= 0.3 is 0 Å². The minimum Gasteiger partial charge on any atom is -0.380 e. The Morgan fingerprint density at radius 2 is 2.16 bits per heavy atom. The van der Waals surface area contributed by atoms with Gasteiger partial charge in [0.2, 0.25) is 5.91 Å². The first kappa shape index (κ1) is 19.4. The molecule has 0 spiro atoms. The van der Waals surface area contributed by atoms with Gasteiger partial charge < -0.3 is 15.4 Å². The zero-order chi connectivity index (χ0) is 16.9. The van der Waals surface area contributed by atoms with Crippen molar-refractivity contribution < 1.29 is 13.9 Å². The number of nitrogens with zero attached hydrogens (tertiary/aromatic N) is 2. The summed E-state index contributed by atoms with van der Waals surface area (Å²) in [6.07, 6.45) is 3.26. The molecule has 2 N–H and O–H groups in total. The summed E-state index contributed by atoms with van der Waals surface area (Å²) in [5, 5.41) is 10.5. The van der Waals surface area contributed by atoms with E-state index in [0.717, 1.165) is 11.4 Å². The molecule has 136 valence electrons. The molecule has 0 unspecified atom stereocenters. The fraction of sp³-hybridized carbons (Fsp3) is 0.412. The summed E-state index contributed by atoms with van der Waals surface area (Å²) < 4.78 is 19.9. The van der Waals surface area contributed by atoms with E-state index < -0.39 is 0 Å². The first-order chi connectivity index (χ1) is 11.7. The number of carbonyl (C=O) groups excluding carboxylic acids is 1. The zero-order valence-electron chi connectivity index (χ0n) is 13.9. The molecular weight excluding hydrogens is 347 g/mol. The third-order valence-corrected chi connectivity index (χ3v) is 4.16. The van der Waals surface area contributed by atoms with Gasteiger partial charge in [0, 0.05) is 32.8 Å². The van der Waals surface area contributed by atoms with Crippen molar-refractivity contribution in [1.82, 2.24) is 20.4 Å². The van der Waals surface area contributed by atoms with Crippen LogP contribution < -0.4 is 10.6 Å². The number of hydrogen-bond donors (Lipinski definition) is 2. The maximum Gasteiger partial charge on any atom is 0.237 e. The van der Waals surface area contributed by atoms with E-state index in [4.69, 9.17) is 4.74 Å². The number of rotatable bonds is 6. The largest absolute Gasteiger partial charge is 0.380 e. The topological polar surface area (TPSA) is 68.2 Å². The van der Waals surface area contributed by atoms with Gasteiger partial charge in [-0.2, -0.15) is 5.10 Å². The van der Waals surface area contributed by atoms with Crippen molar-refractivity contribution >= 4 is 18.3 Å². The fourth-order valence-electron chi connectivity index (χ4n) is 2.75. The highest BCUT2D eigenvalue weighted by atomic mass is 35.5. The van der Waals surface area contributed by atoms with Gasteiger partial charge in [0.15, 0.2) is 0 Å². The third-order valence-electron chi connectivity index (χ3n) is 4.16. The summed E-state index contributed by atoms with van der Waals surface area (Å²) in [5.74, 6) is -0.280. The third kappa shape index (κ3) is 5.01. The lowest BCUT2D eigenvalue weighted by Crippen LogP contribution is -2.41. The highest BCUT2D eigenvalue weighted by Gasteiger charge is 2.28. The Labute approximate surface area is 152 Å². The molecule has 0 radical (unpaired) electrons. The van der Waals surface area contributed by atoms with Crippen LogP contribution in [0.4, 0.5) is 4.39 Å². The Kier molecular flexibility index (Phi) is 6.92. The van der Waals surface area contributed by atoms with Gasteiger partial charge in [0.1, 0.15) is 5.82 Å². The van der Waals surface area contributed by atoms with Crippen LogP contribution in [-0.4, -0.2) is 48.0 Å². The van der Waals surface area contributed by atoms with E-state index in [9.17, 15) is 9.18 Å². The van der Waals surface area contributed by atoms with Crippen molar-refractivity contribution in [1.29, 1.82) is 0 Å². The molecule has 3 rings (SSSR count). The van der Waals surface area contributed by atoms with Crippen LogP contribution in [0.1, 0.15) is 12.1 Å². The van der Waals surface area contributed by atoms with Crippen LogP contribution in [0.25, 0.3) is 5.69 Å². The lowest BCUT2D eigenvalue weighted by Gasteiger charge is -2.10. The van der Waals surface area contributed by atoms with Crippen molar-refractivity contribution in [2.24, 2.45) is 0 Å². The summed E-state index contributed by atoms with van der Waals surface area (Å²) in [5.41, 5.74) is 1.67. The van der Waals surface area contributed by atoms with E-state index in [1.807, 2.05) is 12.3 Å². The summed E-state index contributed by atoms with van der Waals surface area (Å²) >= 11 is 0. The minimum atomic E-state index is -0.273. The van der Waals surface area contributed by atoms with Crippen molar-refractivity contribution in [2.45, 2.75) is 25.0 Å². The second-order valence-corrected chi connectivity index (χ2v) is 5.82. The van der Waals surface area contributed by atoms with E-state index in [1.165, 1.54) is 12.1 Å². The average molecular weight is 369 g/mol. The molecule has 1 aliphatic heterocycles. The van der Waals surface area contributed by atoms with E-state index in [2.05, 4.69) is 15.7 Å². The van der Waals surface area contributed by atoms with Crippen molar-refractivity contribution in [3.8, 4) is 5.69 Å². The highest BCUT2D eigenvalue weighted by molar-refractivity contribution is 5.85. The van der Waals surface area contributed by atoms with E-state index >= 15 is 0 Å². The average Bonchev–Trinajstić information content (AvgIpc) is 3.24. The molecule has 1 fully saturated rings. The molecule has 2 atom stereocenters. The fourth-order valence-corrected chi connectivity index (χ4v) is 2.75. The number of nitrogens with one attached hydrogen (secondary N) is 2. The molecule has 1 saturated heterocycles. The van der Waals surface area contributed by atoms with Gasteiger partial charge in [0.25, 0.3) is 0 Å². The predicted octanol–water partition coefficient (Wildman–Crippen LogP) is 1.47. The van der Waals surface area contributed by atoms with Gasteiger partial charge in [-0.1, -0.05) is 0 Å². The second kappa shape index (κ2) is 8.94. The van der Waals surface area contributed by atoms with Crippen LogP contribution in [0.15, 0.2) is 36.5 Å². The summed E-state index contributed by atoms with van der Waals surface area (Å²) in [4.78, 5) is 12.1. The summed E-state index contributed by atoms with van der Waals surface area (Å²) in [7, 11) is 1.66. The first-order valence-corrected chi connectivity index (χ1v) is 8.00. The van der Waals surface area contributed by atoms with Gasteiger partial charge in [-0.05, 0) is 36.8 Å². The Hall–Kier alpha value is -1.96. The molecule has 2 aromatic rings. The SMILES string of the molecule is CO[C@@H]1CN[C@@H](C(=O)NCCc2ccn(-c3ccc(F)cc3)n2)C1.Cl. The molecule has 0 aliphatic carbocycles. The number of aromatic nitrogens is 2. The van der Waals surface area contributed by atoms with Crippen LogP contribution in [-0.2, 0) is 16.0 Å². The molecular formula is C17H22ClFN4O2. The van der Waals surface area contributed by atoms with Crippen LogP contribution in [0, 0.1) is 5.82 Å². The minimum absolute atomic E-state index is 0. The van der Waals surface area contributed by atoms with Crippen molar-refractivity contribution in [2.75, 3.05) is 20.2 Å². The summed E-state index contributed by atoms with van der Waals surface area (Å²) in [6.45, 7) is 1.23. The van der Waals surface area contributed by atoms with Crippen LogP contribution in [0.2, 0.25) is 0 Å². The molecule has 6 nitrogen and oxygen atoms in total. The van der Waals surface area contributed by atoms with Gasteiger partial charge in [-0.3, -0.25) is 4.79 Å². The number of ether oxygens (including phenoxy) is 1. The zero-order valence-corrected chi connectivity index (χ0v) is 14.8. The lowest BCUT2D eigenvalue weighted by molar-refractivity contribution is -0.122. The van der Waals surface area contributed by atoms with Crippen molar-refractivity contribution in [3.63, 3.8) is 0 Å². The Balaban J connectivity index is 0.00000225. The van der Waals surface area contributed by atoms with Crippen LogP contribution in [0.5, 0.6) is 0 Å².